The number of likely N-dealkylation sites (tertiary alicyclic amines) is 1. The number of anilines is 1. The molecule has 0 spiro atoms. The second-order valence-electron chi connectivity index (χ2n) is 6.92. The minimum Gasteiger partial charge on any atom is -0.326 e. The lowest BCUT2D eigenvalue weighted by molar-refractivity contribution is -0.384. The van der Waals surface area contributed by atoms with Crippen LogP contribution in [0.1, 0.15) is 44.9 Å². The Balaban J connectivity index is 1.43. The van der Waals surface area contributed by atoms with Gasteiger partial charge < -0.3 is 5.32 Å². The molecule has 2 aliphatic rings. The third-order valence-corrected chi connectivity index (χ3v) is 5.29. The van der Waals surface area contributed by atoms with Crippen molar-refractivity contribution in [1.82, 2.24) is 4.90 Å². The van der Waals surface area contributed by atoms with Crippen molar-refractivity contribution < 1.29 is 9.72 Å². The number of nitrogens with one attached hydrogen (secondary N) is 1. The summed E-state index contributed by atoms with van der Waals surface area (Å²) in [4.78, 5) is 24.7. The number of amides is 1. The number of hydrogen-bond acceptors (Lipinski definition) is 4. The van der Waals surface area contributed by atoms with Gasteiger partial charge >= 0.3 is 0 Å². The largest absolute Gasteiger partial charge is 0.326 e. The molecule has 6 nitrogen and oxygen atoms in total. The molecule has 0 radical (unpaired) electrons. The molecule has 2 fully saturated rings. The van der Waals surface area contributed by atoms with Gasteiger partial charge in [-0.05, 0) is 30.9 Å². The Hall–Kier alpha value is -1.95. The van der Waals surface area contributed by atoms with Crippen molar-refractivity contribution in [1.29, 1.82) is 0 Å². The van der Waals surface area contributed by atoms with Crippen LogP contribution >= 0.6 is 0 Å². The topological polar surface area (TPSA) is 75.5 Å². The van der Waals surface area contributed by atoms with Crippen molar-refractivity contribution in [3.8, 4) is 0 Å². The summed E-state index contributed by atoms with van der Waals surface area (Å²) in [7, 11) is 0. The Labute approximate surface area is 142 Å². The number of hydrogen-bond donors (Lipinski definition) is 1. The van der Waals surface area contributed by atoms with E-state index in [9.17, 15) is 14.9 Å². The number of non-ortho nitro benzene ring substituents is 1. The third kappa shape index (κ3) is 4.12. The molecular weight excluding hydrogens is 306 g/mol. The van der Waals surface area contributed by atoms with Crippen LogP contribution < -0.4 is 5.32 Å². The van der Waals surface area contributed by atoms with Crippen LogP contribution in [0.15, 0.2) is 24.3 Å². The van der Waals surface area contributed by atoms with Crippen LogP contribution in [0.3, 0.4) is 0 Å². The van der Waals surface area contributed by atoms with E-state index < -0.39 is 4.92 Å². The molecule has 130 valence electrons. The standard InChI is InChI=1S/C18H25N3O3/c22-18(19-15-7-9-16(10-8-15)21(23)24)11-12-20-13-14-5-3-1-2-4-6-17(14)20/h7-10,14,17H,1-6,11-13H2,(H,19,22). The van der Waals surface area contributed by atoms with Crippen LogP contribution in [0.25, 0.3) is 0 Å². The quantitative estimate of drug-likeness (QED) is 0.661. The number of fused-ring (bicyclic) bond motifs is 1. The average molecular weight is 331 g/mol. The van der Waals surface area contributed by atoms with Crippen LogP contribution in [0.4, 0.5) is 11.4 Å². The molecule has 1 heterocycles. The summed E-state index contributed by atoms with van der Waals surface area (Å²) in [5.41, 5.74) is 0.641. The van der Waals surface area contributed by atoms with Crippen molar-refractivity contribution in [3.63, 3.8) is 0 Å². The van der Waals surface area contributed by atoms with Gasteiger partial charge in [-0.2, -0.15) is 0 Å². The highest BCUT2D eigenvalue weighted by Gasteiger charge is 2.37. The van der Waals surface area contributed by atoms with Crippen molar-refractivity contribution in [2.75, 3.05) is 18.4 Å². The maximum Gasteiger partial charge on any atom is 0.269 e. The predicted octanol–water partition coefficient (Wildman–Crippen LogP) is 3.58. The Morgan fingerprint density at radius 3 is 2.58 bits per heavy atom. The number of carbonyl (C=O) groups is 1. The molecular formula is C18H25N3O3. The fraction of sp³-hybridized carbons (Fsp3) is 0.611. The summed E-state index contributed by atoms with van der Waals surface area (Å²) in [5.74, 6) is 0.807. The van der Waals surface area contributed by atoms with Gasteiger partial charge in [-0.3, -0.25) is 19.8 Å². The molecule has 2 atom stereocenters. The molecule has 3 rings (SSSR count). The SMILES string of the molecule is O=C(CCN1CC2CCCCCCC21)Nc1ccc([N+](=O)[O-])cc1. The van der Waals surface area contributed by atoms with Crippen molar-refractivity contribution >= 4 is 17.3 Å². The number of nitrogens with zero attached hydrogens (tertiary/aromatic N) is 2. The average Bonchev–Trinajstić information content (AvgIpc) is 2.53. The molecule has 2 unspecified atom stereocenters. The van der Waals surface area contributed by atoms with Gasteiger partial charge in [0.25, 0.3) is 5.69 Å². The van der Waals surface area contributed by atoms with Gasteiger partial charge in [0.2, 0.25) is 5.91 Å². The van der Waals surface area contributed by atoms with Crippen LogP contribution in [0.2, 0.25) is 0 Å². The van der Waals surface area contributed by atoms with Gasteiger partial charge in [-0.1, -0.05) is 25.7 Å². The monoisotopic (exact) mass is 331 g/mol. The maximum absolute atomic E-state index is 12.1. The van der Waals surface area contributed by atoms with E-state index in [1.165, 1.54) is 50.7 Å². The molecule has 1 aromatic carbocycles. The predicted molar refractivity (Wildman–Crippen MR) is 92.9 cm³/mol. The molecule has 1 aliphatic carbocycles. The second-order valence-corrected chi connectivity index (χ2v) is 6.92. The summed E-state index contributed by atoms with van der Waals surface area (Å²) >= 11 is 0. The zero-order valence-electron chi connectivity index (χ0n) is 13.9. The smallest absolute Gasteiger partial charge is 0.269 e. The highest BCUT2D eigenvalue weighted by Crippen LogP contribution is 2.35. The van der Waals surface area contributed by atoms with Crippen molar-refractivity contribution in [3.05, 3.63) is 34.4 Å². The molecule has 24 heavy (non-hydrogen) atoms. The van der Waals surface area contributed by atoms with E-state index in [-0.39, 0.29) is 11.6 Å². The van der Waals surface area contributed by atoms with E-state index >= 15 is 0 Å². The van der Waals surface area contributed by atoms with E-state index in [1.807, 2.05) is 0 Å². The first kappa shape index (κ1) is 16.9. The molecule has 1 aromatic rings. The zero-order chi connectivity index (χ0) is 16.9. The maximum atomic E-state index is 12.1. The summed E-state index contributed by atoms with van der Waals surface area (Å²) < 4.78 is 0. The van der Waals surface area contributed by atoms with E-state index in [4.69, 9.17) is 0 Å². The molecule has 1 aliphatic heterocycles. The van der Waals surface area contributed by atoms with E-state index in [0.717, 1.165) is 19.0 Å². The Kier molecular flexibility index (Phi) is 5.45. The van der Waals surface area contributed by atoms with Gasteiger partial charge in [-0.25, -0.2) is 0 Å². The molecule has 1 saturated carbocycles. The Morgan fingerprint density at radius 2 is 1.88 bits per heavy atom. The summed E-state index contributed by atoms with van der Waals surface area (Å²) in [5, 5.41) is 13.4. The lowest BCUT2D eigenvalue weighted by atomic mass is 9.79. The molecule has 0 bridgehead atoms. The van der Waals surface area contributed by atoms with E-state index in [2.05, 4.69) is 10.2 Å². The summed E-state index contributed by atoms with van der Waals surface area (Å²) in [6.45, 7) is 1.94. The third-order valence-electron chi connectivity index (χ3n) is 5.29. The van der Waals surface area contributed by atoms with Gasteiger partial charge in [0, 0.05) is 43.4 Å². The molecule has 1 saturated heterocycles. The lowest BCUT2D eigenvalue weighted by Gasteiger charge is -2.49. The van der Waals surface area contributed by atoms with Gasteiger partial charge in [0.05, 0.1) is 4.92 Å². The van der Waals surface area contributed by atoms with Crippen LogP contribution in [-0.2, 0) is 4.79 Å². The van der Waals surface area contributed by atoms with E-state index in [1.54, 1.807) is 12.1 Å². The number of benzene rings is 1. The zero-order valence-corrected chi connectivity index (χ0v) is 13.9. The highest BCUT2D eigenvalue weighted by molar-refractivity contribution is 5.90. The molecule has 1 amide bonds. The Bertz CT molecular complexity index is 588. The fourth-order valence-electron chi connectivity index (χ4n) is 3.93. The van der Waals surface area contributed by atoms with Crippen LogP contribution in [0.5, 0.6) is 0 Å². The number of nitro benzene ring substituents is 1. The van der Waals surface area contributed by atoms with Crippen LogP contribution in [0, 0.1) is 16.0 Å². The van der Waals surface area contributed by atoms with Gasteiger partial charge in [-0.15, -0.1) is 0 Å². The fourth-order valence-corrected chi connectivity index (χ4v) is 3.93. The van der Waals surface area contributed by atoms with Crippen LogP contribution in [-0.4, -0.2) is 34.9 Å². The van der Waals surface area contributed by atoms with E-state index in [0.29, 0.717) is 18.2 Å². The van der Waals surface area contributed by atoms with Gasteiger partial charge in [0.15, 0.2) is 0 Å². The lowest BCUT2D eigenvalue weighted by Crippen LogP contribution is -2.56. The summed E-state index contributed by atoms with van der Waals surface area (Å²) in [6, 6.07) is 6.64. The number of carbonyl (C=O) groups excluding carboxylic acids is 1. The molecule has 1 N–H and O–H groups in total. The first-order chi connectivity index (χ1) is 11.6. The first-order valence-electron chi connectivity index (χ1n) is 8.92. The number of nitro groups is 1. The normalized spacial score (nSPS) is 24.2. The first-order valence-corrected chi connectivity index (χ1v) is 8.92. The number of rotatable bonds is 5. The van der Waals surface area contributed by atoms with Crippen molar-refractivity contribution in [2.45, 2.75) is 51.0 Å². The summed E-state index contributed by atoms with van der Waals surface area (Å²) in [6.07, 6.45) is 8.48. The minimum atomic E-state index is -0.444. The van der Waals surface area contributed by atoms with Gasteiger partial charge in [0.1, 0.15) is 0 Å². The Morgan fingerprint density at radius 1 is 1.17 bits per heavy atom. The second kappa shape index (κ2) is 7.75. The highest BCUT2D eigenvalue weighted by atomic mass is 16.6. The van der Waals surface area contributed by atoms with Crippen molar-refractivity contribution in [2.24, 2.45) is 5.92 Å². The molecule has 0 aromatic heterocycles. The minimum absolute atomic E-state index is 0.0295. The molecule has 6 heteroatoms.